The summed E-state index contributed by atoms with van der Waals surface area (Å²) in [6, 6.07) is 4.84. The number of nitrogens with zero attached hydrogens (tertiary/aromatic N) is 5. The third-order valence-corrected chi connectivity index (χ3v) is 7.46. The molecule has 3 fully saturated rings. The molecule has 3 aliphatic carbocycles. The number of fused-ring (bicyclic) bond motifs is 3. The lowest BCUT2D eigenvalue weighted by molar-refractivity contribution is -0.177. The van der Waals surface area contributed by atoms with Crippen LogP contribution >= 0.6 is 0 Å². The number of hydrogen-bond donors (Lipinski definition) is 1. The van der Waals surface area contributed by atoms with Crippen LogP contribution in [0, 0.1) is 18.3 Å². The number of benzene rings is 1. The quantitative estimate of drug-likeness (QED) is 0.635. The number of hydrogen-bond acceptors (Lipinski definition) is 5. The molecule has 7 nitrogen and oxygen atoms in total. The number of anilines is 1. The second-order valence-corrected chi connectivity index (χ2v) is 9.68. The van der Waals surface area contributed by atoms with E-state index in [0.717, 1.165) is 42.7 Å². The molecule has 3 saturated carbocycles. The number of nitrogens with one attached hydrogen (secondary N) is 1. The maximum atomic E-state index is 13.2. The van der Waals surface area contributed by atoms with Crippen LogP contribution in [-0.4, -0.2) is 30.4 Å². The van der Waals surface area contributed by atoms with Gasteiger partial charge in [0.25, 0.3) is 5.78 Å². The number of aryl methyl sites for hydroxylation is 1. The highest BCUT2D eigenvalue weighted by Gasteiger charge is 2.62. The Kier molecular flexibility index (Phi) is 4.14. The van der Waals surface area contributed by atoms with Gasteiger partial charge < -0.3 is 10.2 Å². The molecule has 4 aliphatic rings. The minimum atomic E-state index is -4.41. The van der Waals surface area contributed by atoms with Gasteiger partial charge in [0.2, 0.25) is 5.91 Å². The van der Waals surface area contributed by atoms with Crippen LogP contribution in [0.15, 0.2) is 24.3 Å². The first-order valence-corrected chi connectivity index (χ1v) is 11.1. The molecule has 172 valence electrons. The number of halogens is 3. The van der Waals surface area contributed by atoms with Crippen molar-refractivity contribution in [2.24, 2.45) is 11.3 Å². The second kappa shape index (κ2) is 6.68. The topological polar surface area (TPSA) is 75.4 Å². The van der Waals surface area contributed by atoms with E-state index in [2.05, 4.69) is 20.5 Å². The fourth-order valence-electron chi connectivity index (χ4n) is 5.55. The highest BCUT2D eigenvalue weighted by molar-refractivity contribution is 5.86. The summed E-state index contributed by atoms with van der Waals surface area (Å²) in [5.74, 6) is 2.52. The number of rotatable bonds is 4. The van der Waals surface area contributed by atoms with Crippen LogP contribution in [0.1, 0.15) is 60.4 Å². The van der Waals surface area contributed by atoms with E-state index in [9.17, 15) is 18.0 Å². The zero-order valence-corrected chi connectivity index (χ0v) is 18.3. The van der Waals surface area contributed by atoms with E-state index in [-0.39, 0.29) is 11.3 Å². The summed E-state index contributed by atoms with van der Waals surface area (Å²) >= 11 is 0. The first-order chi connectivity index (χ1) is 15.6. The van der Waals surface area contributed by atoms with Crippen molar-refractivity contribution in [3.05, 3.63) is 52.5 Å². The summed E-state index contributed by atoms with van der Waals surface area (Å²) in [7, 11) is 0. The van der Waals surface area contributed by atoms with Gasteiger partial charge in [-0.3, -0.25) is 9.20 Å². The van der Waals surface area contributed by atoms with Crippen molar-refractivity contribution in [2.75, 3.05) is 5.32 Å². The van der Waals surface area contributed by atoms with Gasteiger partial charge in [-0.25, -0.2) is 0 Å². The molecule has 7 rings (SSSR count). The van der Waals surface area contributed by atoms with Crippen LogP contribution in [0.4, 0.5) is 19.0 Å². The van der Waals surface area contributed by atoms with Gasteiger partial charge in [-0.15, -0.1) is 10.2 Å². The second-order valence-electron chi connectivity index (χ2n) is 9.68. The summed E-state index contributed by atoms with van der Waals surface area (Å²) in [5, 5.41) is 11.6. The predicted molar refractivity (Wildman–Crippen MR) is 113 cm³/mol. The van der Waals surface area contributed by atoms with Crippen LogP contribution in [0.2, 0.25) is 0 Å². The average Bonchev–Trinajstić information content (AvgIpc) is 3.29. The number of amides is 1. The summed E-state index contributed by atoms with van der Waals surface area (Å²) in [6.45, 7) is 4.50. The van der Waals surface area contributed by atoms with E-state index >= 15 is 0 Å². The van der Waals surface area contributed by atoms with E-state index in [4.69, 9.17) is 0 Å². The van der Waals surface area contributed by atoms with E-state index in [1.54, 1.807) is 13.0 Å². The lowest BCUT2D eigenvalue weighted by atomic mass is 9.44. The molecule has 0 spiro atoms. The molecule has 0 radical (unpaired) electrons. The molecule has 1 amide bonds. The van der Waals surface area contributed by atoms with E-state index in [1.807, 2.05) is 16.2 Å². The summed E-state index contributed by atoms with van der Waals surface area (Å²) in [6.07, 6.45) is -1.46. The van der Waals surface area contributed by atoms with Crippen molar-refractivity contribution in [1.82, 2.24) is 24.5 Å². The third-order valence-electron chi connectivity index (χ3n) is 7.46. The van der Waals surface area contributed by atoms with E-state index in [1.165, 1.54) is 6.07 Å². The van der Waals surface area contributed by atoms with Gasteiger partial charge in [-0.1, -0.05) is 12.1 Å². The van der Waals surface area contributed by atoms with Gasteiger partial charge in [0.05, 0.1) is 29.8 Å². The van der Waals surface area contributed by atoms with Crippen molar-refractivity contribution < 1.29 is 18.0 Å². The molecule has 1 N–H and O–H groups in total. The fraction of sp³-hybridized carbons (Fsp3) is 0.478. The smallest absolute Gasteiger partial charge is 0.363 e. The van der Waals surface area contributed by atoms with Crippen molar-refractivity contribution >= 4 is 17.5 Å². The van der Waals surface area contributed by atoms with E-state index < -0.39 is 17.8 Å². The maximum Gasteiger partial charge on any atom is 0.416 e. The minimum absolute atomic E-state index is 0.180. The standard InChI is InChI=1S/C23H23F3N6O/c1-12(15-4-3-5-16(6-15)23(24,25)26)27-19-17-10-31(20(33)22-7-14(8-22)9-22)11-18(17)32-13(2)29-30-21(32)28-19/h3-6,12,14H,7-11H2,1-2H3,(H,27,28,30)/t12-,14?,22?/m1/s1. The Morgan fingerprint density at radius 3 is 2.64 bits per heavy atom. The molecular weight excluding hydrogens is 433 g/mol. The van der Waals surface area contributed by atoms with Crippen LogP contribution in [-0.2, 0) is 24.1 Å². The maximum absolute atomic E-state index is 13.2. The Morgan fingerprint density at radius 2 is 1.97 bits per heavy atom. The molecule has 1 aromatic carbocycles. The highest BCUT2D eigenvalue weighted by Crippen LogP contribution is 2.65. The zero-order valence-electron chi connectivity index (χ0n) is 18.3. The summed E-state index contributed by atoms with van der Waals surface area (Å²) < 4.78 is 41.4. The molecule has 2 aromatic heterocycles. The van der Waals surface area contributed by atoms with Gasteiger partial charge in [-0.2, -0.15) is 18.2 Å². The molecular formula is C23H23F3N6O. The van der Waals surface area contributed by atoms with Crippen molar-refractivity contribution in [2.45, 2.75) is 58.4 Å². The van der Waals surface area contributed by atoms with Gasteiger partial charge in [0.15, 0.2) is 0 Å². The molecule has 0 unspecified atom stereocenters. The molecule has 10 heteroatoms. The van der Waals surface area contributed by atoms with Gasteiger partial charge in [-0.05, 0) is 56.7 Å². The monoisotopic (exact) mass is 456 g/mol. The summed E-state index contributed by atoms with van der Waals surface area (Å²) in [5.41, 5.74) is 1.40. The predicted octanol–water partition coefficient (Wildman–Crippen LogP) is 4.27. The molecule has 0 saturated heterocycles. The molecule has 1 aliphatic heterocycles. The van der Waals surface area contributed by atoms with Crippen LogP contribution in [0.25, 0.3) is 5.78 Å². The molecule has 1 atom stereocenters. The van der Waals surface area contributed by atoms with Crippen molar-refractivity contribution in [3.8, 4) is 0 Å². The largest absolute Gasteiger partial charge is 0.416 e. The first-order valence-electron chi connectivity index (χ1n) is 11.1. The van der Waals surface area contributed by atoms with Gasteiger partial charge >= 0.3 is 6.18 Å². The minimum Gasteiger partial charge on any atom is -0.363 e. The number of carbonyl (C=O) groups is 1. The average molecular weight is 456 g/mol. The SMILES string of the molecule is Cc1nnc2nc(N[C@H](C)c3cccc(C(F)(F)F)c3)c3c(n12)CN(C(=O)C12CC(C1)C2)C3. The first kappa shape index (κ1) is 20.4. The fourth-order valence-corrected chi connectivity index (χ4v) is 5.55. The van der Waals surface area contributed by atoms with Crippen LogP contribution in [0.3, 0.4) is 0 Å². The Labute approximate surface area is 188 Å². The molecule has 33 heavy (non-hydrogen) atoms. The molecule has 3 aromatic rings. The Balaban J connectivity index is 1.34. The number of alkyl halides is 3. The highest BCUT2D eigenvalue weighted by atomic mass is 19.4. The lowest BCUT2D eigenvalue weighted by Crippen LogP contribution is -2.60. The Morgan fingerprint density at radius 1 is 1.21 bits per heavy atom. The van der Waals surface area contributed by atoms with E-state index in [0.29, 0.717) is 42.0 Å². The van der Waals surface area contributed by atoms with Crippen LogP contribution < -0.4 is 5.32 Å². The Bertz CT molecular complexity index is 1280. The number of carbonyl (C=O) groups excluding carboxylic acids is 1. The van der Waals surface area contributed by atoms with Crippen molar-refractivity contribution in [3.63, 3.8) is 0 Å². The molecule has 2 bridgehead atoms. The lowest BCUT2D eigenvalue weighted by Gasteiger charge is -2.61. The van der Waals surface area contributed by atoms with Gasteiger partial charge in [0, 0.05) is 11.6 Å². The number of aromatic nitrogens is 4. The normalized spacial score (nSPS) is 24.3. The Hall–Kier alpha value is -3.17. The van der Waals surface area contributed by atoms with Crippen molar-refractivity contribution in [1.29, 1.82) is 0 Å². The third kappa shape index (κ3) is 3.02. The zero-order chi connectivity index (χ0) is 23.1. The van der Waals surface area contributed by atoms with Gasteiger partial charge in [0.1, 0.15) is 11.6 Å². The van der Waals surface area contributed by atoms with Crippen LogP contribution in [0.5, 0.6) is 0 Å². The molecule has 3 heterocycles. The summed E-state index contributed by atoms with van der Waals surface area (Å²) in [4.78, 5) is 19.7.